The van der Waals surface area contributed by atoms with Gasteiger partial charge in [-0.2, -0.15) is 5.11 Å². The number of carbonyl (C=O) groups excluding carboxylic acids is 1. The smallest absolute Gasteiger partial charge is 0.269 e. The van der Waals surface area contributed by atoms with E-state index in [2.05, 4.69) is 10.2 Å². The number of azo groups is 1. The molecule has 0 aromatic carbocycles. The van der Waals surface area contributed by atoms with Crippen LogP contribution in [0.3, 0.4) is 0 Å². The van der Waals surface area contributed by atoms with Gasteiger partial charge in [-0.3, -0.25) is 4.79 Å². The quantitative estimate of drug-likeness (QED) is 0.591. The molecule has 0 aromatic rings. The van der Waals surface area contributed by atoms with Crippen molar-refractivity contribution in [2.45, 2.75) is 0 Å². The molecule has 1 rings (SSSR count). The maximum Gasteiger partial charge on any atom is 0.269 e. The largest absolute Gasteiger partial charge is 0.364 e. The van der Waals surface area contributed by atoms with Crippen LogP contribution in [-0.4, -0.2) is 5.91 Å². The molecule has 4 heteroatoms. The summed E-state index contributed by atoms with van der Waals surface area (Å²) in [5.41, 5.74) is 5.13. The fourth-order valence-corrected chi connectivity index (χ4v) is 0.559. The average Bonchev–Trinajstić information content (AvgIpc) is 1.84. The minimum Gasteiger partial charge on any atom is -0.364 e. The average molecular weight is 149 g/mol. The maximum atomic E-state index is 10.6. The van der Waals surface area contributed by atoms with Gasteiger partial charge in [-0.05, 0) is 12.2 Å². The summed E-state index contributed by atoms with van der Waals surface area (Å²) in [5, 5.41) is 7.11. The molecule has 0 saturated heterocycles. The highest BCUT2D eigenvalue weighted by Gasteiger charge is 2.00. The lowest BCUT2D eigenvalue weighted by molar-refractivity contribution is -0.114. The van der Waals surface area contributed by atoms with Crippen LogP contribution in [0.1, 0.15) is 0 Å². The molecular formula is C7H7N3O. The molecule has 0 radical (unpaired) electrons. The van der Waals surface area contributed by atoms with E-state index in [1.807, 2.05) is 0 Å². The topological polar surface area (TPSA) is 67.8 Å². The van der Waals surface area contributed by atoms with Crippen LogP contribution in [0.2, 0.25) is 0 Å². The van der Waals surface area contributed by atoms with Crippen LogP contribution in [-0.2, 0) is 4.79 Å². The Kier molecular flexibility index (Phi) is 2.32. The van der Waals surface area contributed by atoms with E-state index >= 15 is 0 Å². The molecule has 0 spiro atoms. The number of rotatable bonds is 1. The maximum absolute atomic E-state index is 10.6. The molecule has 0 aromatic heterocycles. The molecule has 11 heavy (non-hydrogen) atoms. The Hall–Kier alpha value is -1.71. The Morgan fingerprint density at radius 3 is 2.91 bits per heavy atom. The third-order valence-electron chi connectivity index (χ3n) is 1.05. The molecule has 0 atom stereocenters. The fourth-order valence-electron chi connectivity index (χ4n) is 0.559. The molecule has 0 aliphatic carbocycles. The molecule has 0 fully saturated rings. The van der Waals surface area contributed by atoms with Gasteiger partial charge in [0.1, 0.15) is 0 Å². The highest BCUT2D eigenvalue weighted by Crippen LogP contribution is 2.00. The highest BCUT2D eigenvalue weighted by atomic mass is 16.1. The lowest BCUT2D eigenvalue weighted by Gasteiger charge is -1.91. The van der Waals surface area contributed by atoms with Crippen LogP contribution in [0.5, 0.6) is 0 Å². The Bertz CT molecular complexity index is 273. The van der Waals surface area contributed by atoms with E-state index in [0.29, 0.717) is 0 Å². The summed E-state index contributed by atoms with van der Waals surface area (Å²) in [6.07, 6.45) is 8.11. The standard InChI is InChI=1S/C7H7N3O/c8-7(11)6-4-2-1-3-5-9-10-6/h1-5H,(H2,8,11). The second-order valence-corrected chi connectivity index (χ2v) is 1.86. The van der Waals surface area contributed by atoms with E-state index < -0.39 is 5.91 Å². The van der Waals surface area contributed by atoms with Crippen LogP contribution >= 0.6 is 0 Å². The Labute approximate surface area is 63.8 Å². The highest BCUT2D eigenvalue weighted by molar-refractivity contribution is 5.91. The van der Waals surface area contributed by atoms with Gasteiger partial charge in [-0.15, -0.1) is 5.11 Å². The van der Waals surface area contributed by atoms with Crippen LogP contribution in [0, 0.1) is 0 Å². The van der Waals surface area contributed by atoms with Gasteiger partial charge in [-0.25, -0.2) is 0 Å². The summed E-state index contributed by atoms with van der Waals surface area (Å²) >= 11 is 0. The monoisotopic (exact) mass is 149 g/mol. The Balaban J connectivity index is 2.87. The van der Waals surface area contributed by atoms with Crippen LogP contribution < -0.4 is 5.73 Å². The number of carbonyl (C=O) groups is 1. The van der Waals surface area contributed by atoms with E-state index in [4.69, 9.17) is 5.73 Å². The first-order valence-corrected chi connectivity index (χ1v) is 3.05. The van der Waals surface area contributed by atoms with Crippen molar-refractivity contribution in [3.63, 3.8) is 0 Å². The summed E-state index contributed by atoms with van der Waals surface area (Å²) in [5.74, 6) is -0.575. The summed E-state index contributed by atoms with van der Waals surface area (Å²) < 4.78 is 0. The lowest BCUT2D eigenvalue weighted by atomic mass is 10.3. The molecule has 1 aliphatic heterocycles. The second kappa shape index (κ2) is 3.46. The van der Waals surface area contributed by atoms with Gasteiger partial charge in [-0.1, -0.05) is 12.2 Å². The molecule has 0 bridgehead atoms. The third kappa shape index (κ3) is 2.17. The summed E-state index contributed by atoms with van der Waals surface area (Å²) in [6.45, 7) is 0. The molecule has 1 heterocycles. The normalized spacial score (nSPS) is 15.5. The van der Waals surface area contributed by atoms with Gasteiger partial charge in [0.05, 0.1) is 0 Å². The SMILES string of the molecule is NC(=O)C1=CC=CC=CN=N1. The van der Waals surface area contributed by atoms with Crippen molar-refractivity contribution in [1.82, 2.24) is 0 Å². The van der Waals surface area contributed by atoms with Gasteiger partial charge in [0.25, 0.3) is 5.91 Å². The van der Waals surface area contributed by atoms with Crippen molar-refractivity contribution in [2.24, 2.45) is 16.0 Å². The van der Waals surface area contributed by atoms with E-state index in [0.717, 1.165) is 0 Å². The van der Waals surface area contributed by atoms with Gasteiger partial charge in [0.15, 0.2) is 5.70 Å². The lowest BCUT2D eigenvalue weighted by Crippen LogP contribution is -2.12. The van der Waals surface area contributed by atoms with Crippen molar-refractivity contribution in [3.05, 3.63) is 36.2 Å². The van der Waals surface area contributed by atoms with Gasteiger partial charge < -0.3 is 5.73 Å². The van der Waals surface area contributed by atoms with E-state index in [1.165, 1.54) is 12.3 Å². The first kappa shape index (κ1) is 7.40. The van der Waals surface area contributed by atoms with Crippen LogP contribution in [0.25, 0.3) is 0 Å². The number of hydrogen-bond acceptors (Lipinski definition) is 3. The third-order valence-corrected chi connectivity index (χ3v) is 1.05. The minimum absolute atomic E-state index is 0.158. The van der Waals surface area contributed by atoms with Crippen molar-refractivity contribution in [2.75, 3.05) is 0 Å². The molecule has 0 unspecified atom stereocenters. The number of hydrogen-bond donors (Lipinski definition) is 1. The zero-order chi connectivity index (χ0) is 8.10. The van der Waals surface area contributed by atoms with E-state index in [1.54, 1.807) is 18.2 Å². The molecular weight excluding hydrogens is 142 g/mol. The zero-order valence-electron chi connectivity index (χ0n) is 5.77. The predicted octanol–water partition coefficient (Wildman–Crippen LogP) is 0.891. The second-order valence-electron chi connectivity index (χ2n) is 1.86. The van der Waals surface area contributed by atoms with Gasteiger partial charge in [0.2, 0.25) is 0 Å². The molecule has 4 nitrogen and oxygen atoms in total. The number of allylic oxidation sites excluding steroid dienone is 4. The Morgan fingerprint density at radius 1 is 1.36 bits per heavy atom. The molecule has 1 amide bonds. The molecule has 56 valence electrons. The molecule has 1 aliphatic rings. The number of nitrogens with two attached hydrogens (primary N) is 1. The van der Waals surface area contributed by atoms with Crippen molar-refractivity contribution >= 4 is 5.91 Å². The molecule has 0 saturated carbocycles. The Morgan fingerprint density at radius 2 is 2.18 bits per heavy atom. The number of amides is 1. The van der Waals surface area contributed by atoms with Crippen molar-refractivity contribution in [1.29, 1.82) is 0 Å². The minimum atomic E-state index is -0.575. The summed E-state index contributed by atoms with van der Waals surface area (Å²) in [7, 11) is 0. The van der Waals surface area contributed by atoms with Crippen molar-refractivity contribution < 1.29 is 4.79 Å². The first-order valence-electron chi connectivity index (χ1n) is 3.05. The number of primary amides is 1. The zero-order valence-corrected chi connectivity index (χ0v) is 5.77. The molecule has 2 N–H and O–H groups in total. The first-order chi connectivity index (χ1) is 5.30. The van der Waals surface area contributed by atoms with Gasteiger partial charge in [0, 0.05) is 6.20 Å². The van der Waals surface area contributed by atoms with Crippen LogP contribution in [0.15, 0.2) is 46.4 Å². The summed E-state index contributed by atoms with van der Waals surface area (Å²) in [4.78, 5) is 10.6. The van der Waals surface area contributed by atoms with E-state index in [9.17, 15) is 4.79 Å². The predicted molar refractivity (Wildman–Crippen MR) is 40.4 cm³/mol. The summed E-state index contributed by atoms with van der Waals surface area (Å²) in [6, 6.07) is 0. The van der Waals surface area contributed by atoms with E-state index in [-0.39, 0.29) is 5.70 Å². The van der Waals surface area contributed by atoms with Crippen LogP contribution in [0.4, 0.5) is 0 Å². The van der Waals surface area contributed by atoms with Crippen molar-refractivity contribution in [3.8, 4) is 0 Å². The fraction of sp³-hybridized carbons (Fsp3) is 0. The number of nitrogens with zero attached hydrogens (tertiary/aromatic N) is 2. The van der Waals surface area contributed by atoms with Gasteiger partial charge >= 0.3 is 0 Å².